The second-order valence-corrected chi connectivity index (χ2v) is 4.97. The van der Waals surface area contributed by atoms with Crippen molar-refractivity contribution in [2.45, 2.75) is 37.1 Å². The minimum absolute atomic E-state index is 0.0926. The standard InChI is InChI=1S/C8H14O3S/c1-8(2)10-5-4-12-6(3-9)7(5)11-8/h5-7,9H,3-4H2,1-2H3/t5-,6+,7-/m1/s1. The summed E-state index contributed by atoms with van der Waals surface area (Å²) in [5.74, 6) is 0.489. The van der Waals surface area contributed by atoms with Crippen LogP contribution in [0.5, 0.6) is 0 Å². The summed E-state index contributed by atoms with van der Waals surface area (Å²) in [7, 11) is 0. The monoisotopic (exact) mass is 190 g/mol. The second-order valence-electron chi connectivity index (χ2n) is 3.69. The fraction of sp³-hybridized carbons (Fsp3) is 1.00. The predicted molar refractivity (Wildman–Crippen MR) is 47.2 cm³/mol. The zero-order valence-electron chi connectivity index (χ0n) is 7.32. The van der Waals surface area contributed by atoms with Crippen molar-refractivity contribution < 1.29 is 14.6 Å². The lowest BCUT2D eigenvalue weighted by molar-refractivity contribution is -0.146. The van der Waals surface area contributed by atoms with E-state index in [2.05, 4.69) is 0 Å². The molecular formula is C8H14O3S. The summed E-state index contributed by atoms with van der Waals surface area (Å²) in [6.07, 6.45) is 0.275. The van der Waals surface area contributed by atoms with Crippen LogP contribution >= 0.6 is 11.8 Å². The zero-order valence-corrected chi connectivity index (χ0v) is 8.13. The van der Waals surface area contributed by atoms with Crippen molar-refractivity contribution in [3.05, 3.63) is 0 Å². The van der Waals surface area contributed by atoms with Crippen molar-refractivity contribution in [2.75, 3.05) is 12.4 Å². The Morgan fingerprint density at radius 2 is 2.25 bits per heavy atom. The quantitative estimate of drug-likeness (QED) is 0.657. The van der Waals surface area contributed by atoms with Gasteiger partial charge in [-0.25, -0.2) is 0 Å². The summed E-state index contributed by atoms with van der Waals surface area (Å²) < 4.78 is 11.3. The van der Waals surface area contributed by atoms with Crippen LogP contribution in [0.15, 0.2) is 0 Å². The second kappa shape index (κ2) is 2.87. The zero-order chi connectivity index (χ0) is 8.77. The van der Waals surface area contributed by atoms with Crippen molar-refractivity contribution in [2.24, 2.45) is 0 Å². The molecule has 3 nitrogen and oxygen atoms in total. The molecule has 0 aromatic rings. The molecule has 2 rings (SSSR count). The van der Waals surface area contributed by atoms with Gasteiger partial charge >= 0.3 is 0 Å². The van der Waals surface area contributed by atoms with Gasteiger partial charge in [0.15, 0.2) is 5.79 Å². The Hall–Kier alpha value is 0.230. The first-order valence-corrected chi connectivity index (χ1v) is 5.25. The molecule has 0 bridgehead atoms. The van der Waals surface area contributed by atoms with E-state index in [1.165, 1.54) is 0 Å². The van der Waals surface area contributed by atoms with Gasteiger partial charge in [0.05, 0.1) is 18.0 Å². The largest absolute Gasteiger partial charge is 0.395 e. The van der Waals surface area contributed by atoms with Crippen LogP contribution in [0, 0.1) is 0 Å². The Morgan fingerprint density at radius 1 is 1.50 bits per heavy atom. The SMILES string of the molecule is CC1(C)O[C@H]2[C@H](CO)SC[C@H]2O1. The first-order valence-electron chi connectivity index (χ1n) is 4.20. The molecule has 0 spiro atoms. The molecule has 0 radical (unpaired) electrons. The van der Waals surface area contributed by atoms with Crippen LogP contribution in [0.4, 0.5) is 0 Å². The lowest BCUT2D eigenvalue weighted by atomic mass is 10.2. The Bertz CT molecular complexity index is 183. The first-order chi connectivity index (χ1) is 5.62. The maximum Gasteiger partial charge on any atom is 0.163 e. The van der Waals surface area contributed by atoms with Crippen LogP contribution in [0.2, 0.25) is 0 Å². The molecule has 70 valence electrons. The molecule has 2 fully saturated rings. The molecule has 4 heteroatoms. The molecule has 3 atom stereocenters. The average molecular weight is 190 g/mol. The van der Waals surface area contributed by atoms with Crippen LogP contribution in [-0.2, 0) is 9.47 Å². The summed E-state index contributed by atoms with van der Waals surface area (Å²) in [5, 5.41) is 9.23. The molecule has 2 aliphatic rings. The van der Waals surface area contributed by atoms with E-state index < -0.39 is 5.79 Å². The third kappa shape index (κ3) is 1.37. The van der Waals surface area contributed by atoms with Gasteiger partial charge in [0, 0.05) is 5.75 Å². The third-order valence-corrected chi connectivity index (χ3v) is 3.61. The topological polar surface area (TPSA) is 38.7 Å². The van der Waals surface area contributed by atoms with Gasteiger partial charge in [-0.15, -0.1) is 0 Å². The minimum Gasteiger partial charge on any atom is -0.395 e. The summed E-state index contributed by atoms with van der Waals surface area (Å²) in [4.78, 5) is 0. The van der Waals surface area contributed by atoms with Gasteiger partial charge in [0.2, 0.25) is 0 Å². The lowest BCUT2D eigenvalue weighted by Crippen LogP contribution is -2.29. The van der Waals surface area contributed by atoms with Gasteiger partial charge in [0.1, 0.15) is 6.10 Å². The maximum absolute atomic E-state index is 9.03. The lowest BCUT2D eigenvalue weighted by Gasteiger charge is -2.20. The molecule has 2 saturated heterocycles. The minimum atomic E-state index is -0.455. The molecule has 0 amide bonds. The van der Waals surface area contributed by atoms with Gasteiger partial charge in [0.25, 0.3) is 0 Å². The number of aliphatic hydroxyl groups is 1. The van der Waals surface area contributed by atoms with E-state index in [4.69, 9.17) is 14.6 Å². The van der Waals surface area contributed by atoms with Gasteiger partial charge < -0.3 is 14.6 Å². The smallest absolute Gasteiger partial charge is 0.163 e. The number of ether oxygens (including phenoxy) is 2. The molecule has 2 heterocycles. The van der Waals surface area contributed by atoms with Gasteiger partial charge in [-0.05, 0) is 13.8 Å². The molecule has 0 aromatic carbocycles. The number of thioether (sulfide) groups is 1. The van der Waals surface area contributed by atoms with Crippen LogP contribution < -0.4 is 0 Å². The van der Waals surface area contributed by atoms with E-state index in [-0.39, 0.29) is 24.1 Å². The molecular weight excluding hydrogens is 176 g/mol. The van der Waals surface area contributed by atoms with Gasteiger partial charge in [-0.1, -0.05) is 0 Å². The van der Waals surface area contributed by atoms with Crippen molar-refractivity contribution in [3.63, 3.8) is 0 Å². The Balaban J connectivity index is 2.06. The van der Waals surface area contributed by atoms with Crippen LogP contribution in [0.1, 0.15) is 13.8 Å². The van der Waals surface area contributed by atoms with Crippen molar-refractivity contribution in [3.8, 4) is 0 Å². The predicted octanol–water partition coefficient (Wildman–Crippen LogP) is 0.614. The highest BCUT2D eigenvalue weighted by Crippen LogP contribution is 2.40. The highest BCUT2D eigenvalue weighted by molar-refractivity contribution is 8.00. The number of fused-ring (bicyclic) bond motifs is 1. The van der Waals surface area contributed by atoms with E-state index in [1.54, 1.807) is 11.8 Å². The molecule has 0 saturated carbocycles. The fourth-order valence-corrected chi connectivity index (χ4v) is 3.00. The van der Waals surface area contributed by atoms with Crippen LogP contribution in [0.25, 0.3) is 0 Å². The summed E-state index contributed by atoms with van der Waals surface area (Å²) in [5.41, 5.74) is 0. The molecule has 1 N–H and O–H groups in total. The van der Waals surface area contributed by atoms with Crippen molar-refractivity contribution >= 4 is 11.8 Å². The van der Waals surface area contributed by atoms with Crippen molar-refractivity contribution in [1.82, 2.24) is 0 Å². The first kappa shape index (κ1) is 8.81. The molecule has 0 aromatic heterocycles. The Kier molecular flexibility index (Phi) is 2.11. The Morgan fingerprint density at radius 3 is 2.92 bits per heavy atom. The van der Waals surface area contributed by atoms with E-state index in [0.29, 0.717) is 0 Å². The van der Waals surface area contributed by atoms with Crippen LogP contribution in [0.3, 0.4) is 0 Å². The molecule has 12 heavy (non-hydrogen) atoms. The number of rotatable bonds is 1. The van der Waals surface area contributed by atoms with Crippen molar-refractivity contribution in [1.29, 1.82) is 0 Å². The summed E-state index contributed by atoms with van der Waals surface area (Å²) in [6.45, 7) is 4.03. The Labute approximate surface area is 76.4 Å². The normalized spacial score (nSPS) is 44.8. The van der Waals surface area contributed by atoms with E-state index in [0.717, 1.165) is 5.75 Å². The van der Waals surface area contributed by atoms with E-state index >= 15 is 0 Å². The van der Waals surface area contributed by atoms with Gasteiger partial charge in [-0.3, -0.25) is 0 Å². The van der Waals surface area contributed by atoms with E-state index in [1.807, 2.05) is 13.8 Å². The average Bonchev–Trinajstić information content (AvgIpc) is 2.42. The van der Waals surface area contributed by atoms with E-state index in [9.17, 15) is 0 Å². The van der Waals surface area contributed by atoms with Gasteiger partial charge in [-0.2, -0.15) is 11.8 Å². The maximum atomic E-state index is 9.03. The van der Waals surface area contributed by atoms with Crippen LogP contribution in [-0.4, -0.2) is 40.7 Å². The highest BCUT2D eigenvalue weighted by atomic mass is 32.2. The number of hydrogen-bond donors (Lipinski definition) is 1. The fourth-order valence-electron chi connectivity index (χ4n) is 1.78. The summed E-state index contributed by atoms with van der Waals surface area (Å²) >= 11 is 1.74. The number of aliphatic hydroxyl groups excluding tert-OH is 1. The molecule has 0 unspecified atom stereocenters. The molecule has 0 aliphatic carbocycles. The highest BCUT2D eigenvalue weighted by Gasteiger charge is 2.49. The number of hydrogen-bond acceptors (Lipinski definition) is 4. The third-order valence-electron chi connectivity index (χ3n) is 2.24. The molecule has 2 aliphatic heterocycles. The summed E-state index contributed by atoms with van der Waals surface area (Å²) in [6, 6.07) is 0.